The first kappa shape index (κ1) is 16.5. The number of carbonyl (C=O) groups is 1. The van der Waals surface area contributed by atoms with Crippen molar-refractivity contribution in [2.45, 2.75) is 20.3 Å². The summed E-state index contributed by atoms with van der Waals surface area (Å²) >= 11 is 0. The third kappa shape index (κ3) is 8.29. The van der Waals surface area contributed by atoms with Gasteiger partial charge in [0.2, 0.25) is 5.91 Å². The van der Waals surface area contributed by atoms with Gasteiger partial charge >= 0.3 is 7.82 Å². The second-order valence-corrected chi connectivity index (χ2v) is 5.96. The molecule has 0 aromatic carbocycles. The van der Waals surface area contributed by atoms with Crippen LogP contribution in [-0.2, 0) is 18.4 Å². The number of rotatable bonds is 8. The molecular weight excluding hydrogens is 247 g/mol. The first-order valence-corrected chi connectivity index (χ1v) is 6.72. The van der Waals surface area contributed by atoms with Crippen molar-refractivity contribution in [1.29, 1.82) is 0 Å². The Kier molecular flexibility index (Phi) is 6.89. The SMILES string of the molecule is COP(=O)(O)OCC(C)(C)CC(=O)NCCN. The largest absolute Gasteiger partial charge is 0.471 e. The van der Waals surface area contributed by atoms with Crippen molar-refractivity contribution >= 4 is 13.7 Å². The molecule has 8 heteroatoms. The Labute approximate surface area is 101 Å². The minimum absolute atomic E-state index is 0.0509. The van der Waals surface area contributed by atoms with Crippen LogP contribution in [0, 0.1) is 5.41 Å². The second-order valence-electron chi connectivity index (χ2n) is 4.40. The van der Waals surface area contributed by atoms with Gasteiger partial charge in [-0.05, 0) is 5.41 Å². The van der Waals surface area contributed by atoms with Crippen molar-refractivity contribution in [1.82, 2.24) is 5.32 Å². The van der Waals surface area contributed by atoms with Crippen LogP contribution in [0.2, 0.25) is 0 Å². The van der Waals surface area contributed by atoms with Crippen LogP contribution in [0.15, 0.2) is 0 Å². The van der Waals surface area contributed by atoms with E-state index in [9.17, 15) is 9.36 Å². The molecule has 0 spiro atoms. The summed E-state index contributed by atoms with van der Waals surface area (Å²) < 4.78 is 20.1. The molecule has 0 rings (SSSR count). The molecule has 0 aliphatic rings. The van der Waals surface area contributed by atoms with Gasteiger partial charge in [0.05, 0.1) is 6.61 Å². The summed E-state index contributed by atoms with van der Waals surface area (Å²) in [4.78, 5) is 20.5. The van der Waals surface area contributed by atoms with Crippen molar-refractivity contribution < 1.29 is 23.3 Å². The average Bonchev–Trinajstić information content (AvgIpc) is 2.23. The van der Waals surface area contributed by atoms with Crippen molar-refractivity contribution in [2.24, 2.45) is 11.1 Å². The van der Waals surface area contributed by atoms with Crippen LogP contribution in [0.4, 0.5) is 0 Å². The van der Waals surface area contributed by atoms with Crippen LogP contribution in [0.25, 0.3) is 0 Å². The predicted octanol–water partition coefficient (Wildman–Crippen LogP) is 0.241. The van der Waals surface area contributed by atoms with E-state index in [1.54, 1.807) is 13.8 Å². The summed E-state index contributed by atoms with van der Waals surface area (Å²) in [5.41, 5.74) is 4.69. The lowest BCUT2D eigenvalue weighted by molar-refractivity contribution is -0.123. The third-order valence-corrected chi connectivity index (χ3v) is 2.87. The Balaban J connectivity index is 4.11. The lowest BCUT2D eigenvalue weighted by Crippen LogP contribution is -2.34. The fourth-order valence-electron chi connectivity index (χ4n) is 1.07. The number of amides is 1. The van der Waals surface area contributed by atoms with Crippen molar-refractivity contribution in [3.05, 3.63) is 0 Å². The third-order valence-electron chi connectivity index (χ3n) is 1.95. The lowest BCUT2D eigenvalue weighted by Gasteiger charge is -2.24. The van der Waals surface area contributed by atoms with Crippen LogP contribution in [0.5, 0.6) is 0 Å². The van der Waals surface area contributed by atoms with E-state index in [0.717, 1.165) is 7.11 Å². The van der Waals surface area contributed by atoms with E-state index in [1.165, 1.54) is 0 Å². The zero-order chi connectivity index (χ0) is 13.5. The van der Waals surface area contributed by atoms with Crippen LogP contribution in [-0.4, -0.2) is 37.6 Å². The van der Waals surface area contributed by atoms with E-state index >= 15 is 0 Å². The number of phosphoric acid groups is 1. The molecule has 0 heterocycles. The maximum atomic E-state index is 11.4. The van der Waals surface area contributed by atoms with E-state index in [2.05, 4.69) is 9.84 Å². The molecule has 0 radical (unpaired) electrons. The number of hydrogen-bond acceptors (Lipinski definition) is 5. The van der Waals surface area contributed by atoms with E-state index < -0.39 is 13.2 Å². The molecule has 0 saturated heterocycles. The molecule has 102 valence electrons. The monoisotopic (exact) mass is 268 g/mol. The molecule has 0 saturated carbocycles. The van der Waals surface area contributed by atoms with Gasteiger partial charge in [0, 0.05) is 26.6 Å². The van der Waals surface area contributed by atoms with Gasteiger partial charge in [0.25, 0.3) is 0 Å². The maximum absolute atomic E-state index is 11.4. The summed E-state index contributed by atoms with van der Waals surface area (Å²) in [6.45, 7) is 4.24. The first-order valence-electron chi connectivity index (χ1n) is 5.22. The Morgan fingerprint density at radius 1 is 1.53 bits per heavy atom. The van der Waals surface area contributed by atoms with E-state index in [4.69, 9.17) is 15.2 Å². The quantitative estimate of drug-likeness (QED) is 0.544. The van der Waals surface area contributed by atoms with Gasteiger partial charge < -0.3 is 15.9 Å². The van der Waals surface area contributed by atoms with Gasteiger partial charge in [-0.2, -0.15) is 0 Å². The van der Waals surface area contributed by atoms with Crippen LogP contribution < -0.4 is 11.1 Å². The molecule has 0 aliphatic carbocycles. The molecule has 0 aromatic heterocycles. The molecule has 1 amide bonds. The Morgan fingerprint density at radius 3 is 2.59 bits per heavy atom. The fraction of sp³-hybridized carbons (Fsp3) is 0.889. The molecule has 0 bridgehead atoms. The number of carbonyl (C=O) groups excluding carboxylic acids is 1. The fourth-order valence-corrected chi connectivity index (χ4v) is 1.69. The molecule has 0 aliphatic heterocycles. The van der Waals surface area contributed by atoms with Crippen molar-refractivity contribution in [2.75, 3.05) is 26.8 Å². The molecule has 0 fully saturated rings. The van der Waals surface area contributed by atoms with Crippen LogP contribution in [0.3, 0.4) is 0 Å². The van der Waals surface area contributed by atoms with Crippen LogP contribution >= 0.6 is 7.82 Å². The highest BCUT2D eigenvalue weighted by Crippen LogP contribution is 2.43. The minimum atomic E-state index is -3.99. The highest BCUT2D eigenvalue weighted by Gasteiger charge is 2.27. The Morgan fingerprint density at radius 2 is 2.12 bits per heavy atom. The van der Waals surface area contributed by atoms with E-state index in [1.807, 2.05) is 0 Å². The summed E-state index contributed by atoms with van der Waals surface area (Å²) in [6, 6.07) is 0. The second kappa shape index (κ2) is 7.08. The lowest BCUT2D eigenvalue weighted by atomic mass is 9.90. The van der Waals surface area contributed by atoms with Gasteiger partial charge in [0.1, 0.15) is 0 Å². The predicted molar refractivity (Wildman–Crippen MR) is 63.2 cm³/mol. The van der Waals surface area contributed by atoms with Gasteiger partial charge in [-0.25, -0.2) is 4.57 Å². The van der Waals surface area contributed by atoms with Gasteiger partial charge in [-0.1, -0.05) is 13.8 Å². The molecule has 0 aromatic rings. The molecule has 7 nitrogen and oxygen atoms in total. The summed E-state index contributed by atoms with van der Waals surface area (Å²) in [5.74, 6) is -0.172. The number of phosphoric ester groups is 1. The van der Waals surface area contributed by atoms with Gasteiger partial charge in [-0.15, -0.1) is 0 Å². The van der Waals surface area contributed by atoms with E-state index in [0.29, 0.717) is 13.1 Å². The van der Waals surface area contributed by atoms with Crippen LogP contribution in [0.1, 0.15) is 20.3 Å². The van der Waals surface area contributed by atoms with E-state index in [-0.39, 0.29) is 18.9 Å². The Bertz CT molecular complexity index is 295. The average molecular weight is 268 g/mol. The zero-order valence-electron chi connectivity index (χ0n) is 10.4. The van der Waals surface area contributed by atoms with Gasteiger partial charge in [-0.3, -0.25) is 13.8 Å². The van der Waals surface area contributed by atoms with Crippen molar-refractivity contribution in [3.63, 3.8) is 0 Å². The molecule has 17 heavy (non-hydrogen) atoms. The molecule has 1 atom stereocenters. The summed E-state index contributed by atoms with van der Waals surface area (Å²) in [6.07, 6.45) is 0.177. The Hall–Kier alpha value is -0.460. The first-order chi connectivity index (χ1) is 7.72. The molecule has 4 N–H and O–H groups in total. The number of nitrogens with two attached hydrogens (primary N) is 1. The molecule has 1 unspecified atom stereocenters. The highest BCUT2D eigenvalue weighted by atomic mass is 31.2. The standard InChI is InChI=1S/C9H21N2O5P/c1-9(2,6-8(12)11-5-4-10)7-16-17(13,14)15-3/h4-7,10H2,1-3H3,(H,11,12)(H,13,14). The topological polar surface area (TPSA) is 111 Å². The normalized spacial score (nSPS) is 15.4. The minimum Gasteiger partial charge on any atom is -0.355 e. The van der Waals surface area contributed by atoms with Crippen molar-refractivity contribution in [3.8, 4) is 0 Å². The number of hydrogen-bond donors (Lipinski definition) is 3. The maximum Gasteiger partial charge on any atom is 0.471 e. The smallest absolute Gasteiger partial charge is 0.355 e. The summed E-state index contributed by atoms with van der Waals surface area (Å²) in [7, 11) is -2.90. The summed E-state index contributed by atoms with van der Waals surface area (Å²) in [5, 5.41) is 2.62. The number of nitrogens with one attached hydrogen (secondary N) is 1. The van der Waals surface area contributed by atoms with Gasteiger partial charge in [0.15, 0.2) is 0 Å². The highest BCUT2D eigenvalue weighted by molar-refractivity contribution is 7.47. The zero-order valence-corrected chi connectivity index (χ0v) is 11.3. The molecular formula is C9H21N2O5P.